The summed E-state index contributed by atoms with van der Waals surface area (Å²) >= 11 is 1.30. The Morgan fingerprint density at radius 1 is 1.73 bits per heavy atom. The molecule has 1 aromatic heterocycles. The first-order valence-electron chi connectivity index (χ1n) is 3.46. The monoisotopic (exact) mass is 169 g/mol. The molecular weight excluding hydrogens is 162 g/mol. The third-order valence-corrected chi connectivity index (χ3v) is 2.83. The maximum atomic E-state index is 10.4. The van der Waals surface area contributed by atoms with E-state index in [2.05, 4.69) is 4.98 Å². The third-order valence-electron chi connectivity index (χ3n) is 1.69. The van der Waals surface area contributed by atoms with Gasteiger partial charge >= 0.3 is 5.97 Å². The Labute approximate surface area is 67.7 Å². The van der Waals surface area contributed by atoms with E-state index in [1.54, 1.807) is 6.20 Å². The highest BCUT2D eigenvalue weighted by molar-refractivity contribution is 7.13. The van der Waals surface area contributed by atoms with Crippen molar-refractivity contribution >= 4 is 17.3 Å². The number of carbonyl (C=O) groups is 1. The molecule has 11 heavy (non-hydrogen) atoms. The summed E-state index contributed by atoms with van der Waals surface area (Å²) in [6.07, 6.45) is 4.08. The number of carboxylic acid groups (broad SMARTS) is 1. The Kier molecular flexibility index (Phi) is 1.42. The largest absolute Gasteiger partial charge is 0.476 e. The molecule has 0 spiro atoms. The number of hydrogen-bond acceptors (Lipinski definition) is 3. The van der Waals surface area contributed by atoms with Crippen LogP contribution < -0.4 is 0 Å². The molecule has 1 N–H and O–H groups in total. The summed E-state index contributed by atoms with van der Waals surface area (Å²) in [5, 5.41) is 8.76. The molecule has 0 aromatic carbocycles. The second-order valence-corrected chi connectivity index (χ2v) is 3.71. The summed E-state index contributed by atoms with van der Waals surface area (Å²) in [5.74, 6) is -0.303. The summed E-state index contributed by atoms with van der Waals surface area (Å²) in [4.78, 5) is 15.3. The van der Waals surface area contributed by atoms with Crippen LogP contribution in [-0.4, -0.2) is 16.1 Å². The van der Waals surface area contributed by atoms with Crippen LogP contribution in [0.5, 0.6) is 0 Å². The van der Waals surface area contributed by atoms with Crippen molar-refractivity contribution in [2.45, 2.75) is 18.8 Å². The van der Waals surface area contributed by atoms with E-state index < -0.39 is 5.97 Å². The summed E-state index contributed by atoms with van der Waals surface area (Å²) in [6.45, 7) is 0. The Balaban J connectivity index is 2.25. The van der Waals surface area contributed by atoms with Gasteiger partial charge in [0.1, 0.15) is 0 Å². The number of aromatic carboxylic acids is 1. The lowest BCUT2D eigenvalue weighted by Crippen LogP contribution is -1.92. The number of thiazole rings is 1. The third kappa shape index (κ3) is 1.26. The van der Waals surface area contributed by atoms with Crippen LogP contribution in [-0.2, 0) is 0 Å². The van der Waals surface area contributed by atoms with Gasteiger partial charge in [0, 0.05) is 11.1 Å². The fourth-order valence-electron chi connectivity index (χ4n) is 0.942. The minimum absolute atomic E-state index is 0.215. The van der Waals surface area contributed by atoms with E-state index in [4.69, 9.17) is 5.11 Å². The maximum Gasteiger partial charge on any atom is 0.365 e. The standard InChI is InChI=1S/C7H7NO2S/c9-7(10)6-8-3-5(11-6)4-1-2-4/h3-4H,1-2H2,(H,9,10). The molecule has 1 saturated carbocycles. The Bertz CT molecular complexity index is 290. The molecule has 0 aliphatic heterocycles. The predicted molar refractivity (Wildman–Crippen MR) is 41.0 cm³/mol. The maximum absolute atomic E-state index is 10.4. The molecule has 58 valence electrons. The topological polar surface area (TPSA) is 50.2 Å². The van der Waals surface area contributed by atoms with Crippen LogP contribution in [0.25, 0.3) is 0 Å². The van der Waals surface area contributed by atoms with Crippen molar-refractivity contribution in [2.75, 3.05) is 0 Å². The van der Waals surface area contributed by atoms with Crippen molar-refractivity contribution in [3.63, 3.8) is 0 Å². The minimum atomic E-state index is -0.915. The first-order chi connectivity index (χ1) is 5.27. The van der Waals surface area contributed by atoms with Gasteiger partial charge in [0.25, 0.3) is 0 Å². The summed E-state index contributed by atoms with van der Waals surface area (Å²) in [6, 6.07) is 0. The van der Waals surface area contributed by atoms with Gasteiger partial charge in [-0.3, -0.25) is 0 Å². The highest BCUT2D eigenvalue weighted by Crippen LogP contribution is 2.42. The number of hydrogen-bond donors (Lipinski definition) is 1. The smallest absolute Gasteiger partial charge is 0.365 e. The van der Waals surface area contributed by atoms with Crippen LogP contribution >= 0.6 is 11.3 Å². The molecule has 3 nitrogen and oxygen atoms in total. The van der Waals surface area contributed by atoms with Crippen LogP contribution in [0.4, 0.5) is 0 Å². The molecule has 1 heterocycles. The van der Waals surface area contributed by atoms with Crippen molar-refractivity contribution in [3.8, 4) is 0 Å². The van der Waals surface area contributed by atoms with Crippen molar-refractivity contribution in [3.05, 3.63) is 16.1 Å². The average molecular weight is 169 g/mol. The van der Waals surface area contributed by atoms with Crippen LogP contribution in [0.2, 0.25) is 0 Å². The molecule has 1 aliphatic carbocycles. The average Bonchev–Trinajstić information content (AvgIpc) is 2.68. The first kappa shape index (κ1) is 6.79. The van der Waals surface area contributed by atoms with Gasteiger partial charge in [-0.05, 0) is 18.8 Å². The van der Waals surface area contributed by atoms with E-state index >= 15 is 0 Å². The summed E-state index contributed by atoms with van der Waals surface area (Å²) in [5.41, 5.74) is 0. The molecule has 4 heteroatoms. The molecule has 0 radical (unpaired) electrons. The fourth-order valence-corrected chi connectivity index (χ4v) is 1.87. The highest BCUT2D eigenvalue weighted by Gasteiger charge is 2.26. The van der Waals surface area contributed by atoms with Crippen molar-refractivity contribution in [1.29, 1.82) is 0 Å². The second-order valence-electron chi connectivity index (χ2n) is 2.65. The first-order valence-corrected chi connectivity index (χ1v) is 4.28. The van der Waals surface area contributed by atoms with Gasteiger partial charge in [-0.1, -0.05) is 0 Å². The molecule has 0 saturated heterocycles. The highest BCUT2D eigenvalue weighted by atomic mass is 32.1. The van der Waals surface area contributed by atoms with Gasteiger partial charge in [0.05, 0.1) is 0 Å². The van der Waals surface area contributed by atoms with Crippen molar-refractivity contribution < 1.29 is 9.90 Å². The number of nitrogens with zero attached hydrogens (tertiary/aromatic N) is 1. The molecular formula is C7H7NO2S. The van der Waals surface area contributed by atoms with Crippen LogP contribution in [0.3, 0.4) is 0 Å². The van der Waals surface area contributed by atoms with Gasteiger partial charge in [-0.25, -0.2) is 9.78 Å². The van der Waals surface area contributed by atoms with E-state index in [1.807, 2.05) is 0 Å². The lowest BCUT2D eigenvalue weighted by molar-refractivity contribution is 0.0696. The van der Waals surface area contributed by atoms with Crippen LogP contribution in [0, 0.1) is 0 Å². The van der Waals surface area contributed by atoms with Crippen LogP contribution in [0.1, 0.15) is 33.4 Å². The SMILES string of the molecule is O=C(O)c1ncc(C2CC2)s1. The van der Waals surface area contributed by atoms with E-state index in [-0.39, 0.29) is 5.01 Å². The Hall–Kier alpha value is -0.900. The van der Waals surface area contributed by atoms with Gasteiger partial charge in [0.15, 0.2) is 0 Å². The van der Waals surface area contributed by atoms with Crippen LogP contribution in [0.15, 0.2) is 6.20 Å². The molecule has 0 unspecified atom stereocenters. The number of aromatic nitrogens is 1. The number of carboxylic acids is 1. The normalized spacial score (nSPS) is 16.7. The Morgan fingerprint density at radius 2 is 2.45 bits per heavy atom. The van der Waals surface area contributed by atoms with E-state index in [1.165, 1.54) is 24.2 Å². The summed E-state index contributed by atoms with van der Waals surface area (Å²) < 4.78 is 0. The van der Waals surface area contributed by atoms with E-state index in [9.17, 15) is 4.79 Å². The van der Waals surface area contributed by atoms with E-state index in [0.29, 0.717) is 5.92 Å². The van der Waals surface area contributed by atoms with Gasteiger partial charge in [0.2, 0.25) is 5.01 Å². The van der Waals surface area contributed by atoms with Crippen molar-refractivity contribution in [1.82, 2.24) is 4.98 Å². The van der Waals surface area contributed by atoms with Crippen molar-refractivity contribution in [2.24, 2.45) is 0 Å². The zero-order chi connectivity index (χ0) is 7.84. The molecule has 1 aromatic rings. The molecule has 1 aliphatic rings. The lowest BCUT2D eigenvalue weighted by atomic mass is 10.4. The fraction of sp³-hybridized carbons (Fsp3) is 0.429. The van der Waals surface area contributed by atoms with Gasteiger partial charge < -0.3 is 5.11 Å². The number of rotatable bonds is 2. The van der Waals surface area contributed by atoms with E-state index in [0.717, 1.165) is 4.88 Å². The zero-order valence-electron chi connectivity index (χ0n) is 5.78. The molecule has 2 rings (SSSR count). The molecule has 0 bridgehead atoms. The Morgan fingerprint density at radius 3 is 2.91 bits per heavy atom. The molecule has 0 atom stereocenters. The minimum Gasteiger partial charge on any atom is -0.476 e. The quantitative estimate of drug-likeness (QED) is 0.733. The van der Waals surface area contributed by atoms with Gasteiger partial charge in [-0.15, -0.1) is 11.3 Å². The zero-order valence-corrected chi connectivity index (χ0v) is 6.60. The molecule has 1 fully saturated rings. The summed E-state index contributed by atoms with van der Waals surface area (Å²) in [7, 11) is 0. The predicted octanol–water partition coefficient (Wildman–Crippen LogP) is 1.72. The van der Waals surface area contributed by atoms with Gasteiger partial charge in [-0.2, -0.15) is 0 Å². The second kappa shape index (κ2) is 2.30. The lowest BCUT2D eigenvalue weighted by Gasteiger charge is -1.83. The molecule has 0 amide bonds.